The van der Waals surface area contributed by atoms with Gasteiger partial charge in [-0.25, -0.2) is 4.68 Å². The van der Waals surface area contributed by atoms with Gasteiger partial charge in [0.1, 0.15) is 0 Å². The maximum Gasteiger partial charge on any atom is 0.441 e. The fourth-order valence-electron chi connectivity index (χ4n) is 1.09. The number of hydrogen-bond acceptors (Lipinski definition) is 5. The number of aliphatic hydroxyl groups is 1. The summed E-state index contributed by atoms with van der Waals surface area (Å²) in [6, 6.07) is 0. The van der Waals surface area contributed by atoms with Crippen LogP contribution in [0.2, 0.25) is 0 Å². The van der Waals surface area contributed by atoms with Crippen LogP contribution in [-0.4, -0.2) is 44.5 Å². The average Bonchev–Trinajstić information content (AvgIpc) is 2.64. The summed E-state index contributed by atoms with van der Waals surface area (Å²) < 4.78 is 36.8. The predicted octanol–water partition coefficient (Wildman–Crippen LogP) is 0.613. The van der Waals surface area contributed by atoms with Gasteiger partial charge in [0, 0.05) is 25.0 Å². The number of nitrogens with zero attached hydrogens (tertiary/aromatic N) is 3. The van der Waals surface area contributed by atoms with Crippen molar-refractivity contribution in [2.45, 2.75) is 18.6 Å². The number of rotatable bonds is 7. The predicted molar refractivity (Wildman–Crippen MR) is 57.3 cm³/mol. The summed E-state index contributed by atoms with van der Waals surface area (Å²) in [5, 5.41) is 19.0. The minimum absolute atomic E-state index is 0.0293. The van der Waals surface area contributed by atoms with Gasteiger partial charge in [-0.1, -0.05) is 5.21 Å². The highest BCUT2D eigenvalue weighted by Crippen LogP contribution is 2.29. The highest BCUT2D eigenvalue weighted by molar-refractivity contribution is 8.00. The zero-order valence-corrected chi connectivity index (χ0v) is 9.76. The molecule has 0 spiro atoms. The SMILES string of the molecule is OCCn1cc(CNCCSC(F)(F)F)nn1. The zero-order valence-electron chi connectivity index (χ0n) is 8.94. The van der Waals surface area contributed by atoms with Crippen LogP contribution in [-0.2, 0) is 13.1 Å². The molecular weight excluding hydrogens is 257 g/mol. The van der Waals surface area contributed by atoms with Gasteiger partial charge in [-0.15, -0.1) is 5.10 Å². The van der Waals surface area contributed by atoms with Crippen molar-refractivity contribution in [3.8, 4) is 0 Å². The first kappa shape index (κ1) is 14.3. The van der Waals surface area contributed by atoms with E-state index in [1.807, 2.05) is 0 Å². The van der Waals surface area contributed by atoms with Crippen molar-refractivity contribution in [3.63, 3.8) is 0 Å². The van der Waals surface area contributed by atoms with Gasteiger partial charge in [0.2, 0.25) is 0 Å². The first-order valence-electron chi connectivity index (χ1n) is 4.92. The average molecular weight is 270 g/mol. The summed E-state index contributed by atoms with van der Waals surface area (Å²) >= 11 is -0.0548. The molecule has 17 heavy (non-hydrogen) atoms. The fourth-order valence-corrected chi connectivity index (χ4v) is 1.56. The van der Waals surface area contributed by atoms with Crippen LogP contribution in [0.4, 0.5) is 13.2 Å². The molecule has 2 N–H and O–H groups in total. The monoisotopic (exact) mass is 270 g/mol. The molecule has 1 aromatic heterocycles. The van der Waals surface area contributed by atoms with Gasteiger partial charge >= 0.3 is 5.51 Å². The van der Waals surface area contributed by atoms with Crippen molar-refractivity contribution >= 4 is 11.8 Å². The second-order valence-corrected chi connectivity index (χ2v) is 4.33. The Morgan fingerprint density at radius 3 is 2.88 bits per heavy atom. The Bertz CT molecular complexity index is 331. The summed E-state index contributed by atoms with van der Waals surface area (Å²) in [5.74, 6) is -0.0335. The first-order chi connectivity index (χ1) is 8.01. The molecule has 9 heteroatoms. The third-order valence-electron chi connectivity index (χ3n) is 1.77. The summed E-state index contributed by atoms with van der Waals surface area (Å²) in [6.07, 6.45) is 1.64. The molecule has 0 atom stereocenters. The molecule has 0 radical (unpaired) electrons. The van der Waals surface area contributed by atoms with Gasteiger partial charge in [0.25, 0.3) is 0 Å². The van der Waals surface area contributed by atoms with Gasteiger partial charge < -0.3 is 10.4 Å². The zero-order chi connectivity index (χ0) is 12.7. The minimum atomic E-state index is -4.17. The van der Waals surface area contributed by atoms with E-state index in [2.05, 4.69) is 15.6 Å². The van der Waals surface area contributed by atoms with Crippen LogP contribution < -0.4 is 5.32 Å². The summed E-state index contributed by atoms with van der Waals surface area (Å²) in [7, 11) is 0. The van der Waals surface area contributed by atoms with Crippen LogP contribution in [0.15, 0.2) is 6.20 Å². The molecule has 0 fully saturated rings. The third kappa shape index (κ3) is 6.49. The molecule has 0 aromatic carbocycles. The Labute approximate surface area is 100 Å². The molecule has 0 saturated carbocycles. The molecule has 0 aliphatic rings. The molecule has 1 heterocycles. The standard InChI is InChI=1S/C8H13F3N4OS/c9-8(10,11)17-4-1-12-5-7-6-15(2-3-16)14-13-7/h6,12,16H,1-5H2. The van der Waals surface area contributed by atoms with E-state index in [9.17, 15) is 13.2 Å². The number of nitrogens with one attached hydrogen (secondary N) is 1. The summed E-state index contributed by atoms with van der Waals surface area (Å²) in [6.45, 7) is 0.941. The Kier molecular flexibility index (Phi) is 5.72. The molecule has 0 saturated heterocycles. The van der Waals surface area contributed by atoms with E-state index in [1.54, 1.807) is 6.20 Å². The Hall–Kier alpha value is -0.800. The van der Waals surface area contributed by atoms with Crippen LogP contribution >= 0.6 is 11.8 Å². The van der Waals surface area contributed by atoms with E-state index < -0.39 is 5.51 Å². The van der Waals surface area contributed by atoms with Crippen LogP contribution in [0.25, 0.3) is 0 Å². The topological polar surface area (TPSA) is 63.0 Å². The molecule has 0 amide bonds. The highest BCUT2D eigenvalue weighted by atomic mass is 32.2. The largest absolute Gasteiger partial charge is 0.441 e. The quantitative estimate of drug-likeness (QED) is 0.711. The number of halogens is 3. The van der Waals surface area contributed by atoms with E-state index in [0.29, 0.717) is 18.8 Å². The first-order valence-corrected chi connectivity index (χ1v) is 5.91. The molecule has 0 unspecified atom stereocenters. The third-order valence-corrected chi connectivity index (χ3v) is 2.50. The maximum atomic E-state index is 11.8. The van der Waals surface area contributed by atoms with Gasteiger partial charge in [-0.3, -0.25) is 0 Å². The second kappa shape index (κ2) is 6.82. The Morgan fingerprint density at radius 1 is 1.47 bits per heavy atom. The number of thioether (sulfide) groups is 1. The summed E-state index contributed by atoms with van der Waals surface area (Å²) in [5.41, 5.74) is -3.54. The molecule has 1 aromatic rings. The molecule has 0 aliphatic heterocycles. The lowest BCUT2D eigenvalue weighted by Crippen LogP contribution is -2.18. The Balaban J connectivity index is 2.13. The maximum absolute atomic E-state index is 11.8. The van der Waals surface area contributed by atoms with Crippen molar-refractivity contribution in [1.82, 2.24) is 20.3 Å². The lowest BCUT2D eigenvalue weighted by atomic mass is 10.4. The number of aliphatic hydroxyl groups excluding tert-OH is 1. The van der Waals surface area contributed by atoms with Crippen molar-refractivity contribution in [1.29, 1.82) is 0 Å². The molecule has 98 valence electrons. The van der Waals surface area contributed by atoms with Crippen molar-refractivity contribution in [3.05, 3.63) is 11.9 Å². The highest BCUT2D eigenvalue weighted by Gasteiger charge is 2.27. The van der Waals surface area contributed by atoms with Crippen LogP contribution in [0.3, 0.4) is 0 Å². The van der Waals surface area contributed by atoms with Crippen LogP contribution in [0, 0.1) is 0 Å². The van der Waals surface area contributed by atoms with Crippen molar-refractivity contribution in [2.24, 2.45) is 0 Å². The van der Waals surface area contributed by atoms with Crippen molar-refractivity contribution < 1.29 is 18.3 Å². The smallest absolute Gasteiger partial charge is 0.394 e. The second-order valence-electron chi connectivity index (χ2n) is 3.17. The van der Waals surface area contributed by atoms with Crippen LogP contribution in [0.5, 0.6) is 0 Å². The Morgan fingerprint density at radius 2 is 2.24 bits per heavy atom. The van der Waals surface area contributed by atoms with E-state index in [-0.39, 0.29) is 30.7 Å². The molecule has 1 rings (SSSR count). The molecule has 5 nitrogen and oxygen atoms in total. The number of aromatic nitrogens is 3. The minimum Gasteiger partial charge on any atom is -0.394 e. The van der Waals surface area contributed by atoms with Crippen molar-refractivity contribution in [2.75, 3.05) is 18.9 Å². The number of alkyl halides is 3. The molecular formula is C8H13F3N4OS. The normalized spacial score (nSPS) is 12.0. The fraction of sp³-hybridized carbons (Fsp3) is 0.750. The molecule has 0 bridgehead atoms. The lowest BCUT2D eigenvalue weighted by Gasteiger charge is -2.05. The van der Waals surface area contributed by atoms with Gasteiger partial charge in [0.15, 0.2) is 0 Å². The summed E-state index contributed by atoms with van der Waals surface area (Å²) in [4.78, 5) is 0. The van der Waals surface area contributed by atoms with Crippen LogP contribution in [0.1, 0.15) is 5.69 Å². The van der Waals surface area contributed by atoms with Gasteiger partial charge in [-0.2, -0.15) is 13.2 Å². The number of hydrogen-bond donors (Lipinski definition) is 2. The van der Waals surface area contributed by atoms with Gasteiger partial charge in [0.05, 0.1) is 18.8 Å². The van der Waals surface area contributed by atoms with E-state index in [0.717, 1.165) is 0 Å². The van der Waals surface area contributed by atoms with E-state index >= 15 is 0 Å². The van der Waals surface area contributed by atoms with Gasteiger partial charge in [-0.05, 0) is 11.8 Å². The van der Waals surface area contributed by atoms with E-state index in [1.165, 1.54) is 4.68 Å². The lowest BCUT2D eigenvalue weighted by molar-refractivity contribution is -0.0327. The molecule has 0 aliphatic carbocycles. The van der Waals surface area contributed by atoms with E-state index in [4.69, 9.17) is 5.11 Å².